The van der Waals surface area contributed by atoms with E-state index in [0.29, 0.717) is 18.2 Å². The first kappa shape index (κ1) is 7.81. The van der Waals surface area contributed by atoms with Crippen molar-refractivity contribution in [2.24, 2.45) is 5.73 Å². The Kier molecular flexibility index (Phi) is 1.97. The van der Waals surface area contributed by atoms with E-state index in [4.69, 9.17) is 5.73 Å². The van der Waals surface area contributed by atoms with Crippen LogP contribution in [0.15, 0.2) is 24.4 Å². The summed E-state index contributed by atoms with van der Waals surface area (Å²) in [4.78, 5) is 4.09. The largest absolute Gasteiger partial charge is 0.324 e. The minimum Gasteiger partial charge on any atom is -0.324 e. The van der Waals surface area contributed by atoms with Crippen molar-refractivity contribution in [3.05, 3.63) is 30.2 Å². The van der Waals surface area contributed by atoms with Crippen LogP contribution < -0.4 is 5.73 Å². The first-order valence-corrected chi connectivity index (χ1v) is 3.80. The summed E-state index contributed by atoms with van der Waals surface area (Å²) in [6.45, 7) is 0.295. The Morgan fingerprint density at radius 3 is 3.00 bits per heavy atom. The number of hydrogen-bond acceptors (Lipinski definition) is 5. The predicted molar refractivity (Wildman–Crippen MR) is 44.8 cm³/mol. The molecule has 13 heavy (non-hydrogen) atoms. The Bertz CT molecular complexity index is 381. The van der Waals surface area contributed by atoms with Gasteiger partial charge in [-0.15, -0.1) is 5.10 Å². The van der Waals surface area contributed by atoms with Crippen molar-refractivity contribution >= 4 is 0 Å². The van der Waals surface area contributed by atoms with E-state index in [0.717, 1.165) is 0 Å². The van der Waals surface area contributed by atoms with Crippen molar-refractivity contribution in [1.82, 2.24) is 25.2 Å². The molecule has 0 amide bonds. The second-order valence-corrected chi connectivity index (χ2v) is 2.40. The third-order valence-corrected chi connectivity index (χ3v) is 1.58. The molecule has 0 unspecified atom stereocenters. The molecule has 0 spiro atoms. The van der Waals surface area contributed by atoms with Gasteiger partial charge in [-0.2, -0.15) is 4.68 Å². The fourth-order valence-electron chi connectivity index (χ4n) is 0.990. The molecule has 0 aliphatic rings. The average molecular weight is 176 g/mol. The van der Waals surface area contributed by atoms with Gasteiger partial charge >= 0.3 is 0 Å². The minimum atomic E-state index is 0.295. The Morgan fingerprint density at radius 1 is 1.38 bits per heavy atom. The molecule has 6 nitrogen and oxygen atoms in total. The van der Waals surface area contributed by atoms with E-state index < -0.39 is 0 Å². The number of nitrogens with two attached hydrogens (primary N) is 1. The van der Waals surface area contributed by atoms with Crippen LogP contribution in [0.25, 0.3) is 5.82 Å². The highest BCUT2D eigenvalue weighted by Gasteiger charge is 2.05. The fourth-order valence-corrected chi connectivity index (χ4v) is 0.990. The third kappa shape index (κ3) is 1.38. The van der Waals surface area contributed by atoms with Gasteiger partial charge in [-0.3, -0.25) is 0 Å². The number of rotatable bonds is 2. The van der Waals surface area contributed by atoms with Crippen LogP contribution in [0.4, 0.5) is 0 Å². The van der Waals surface area contributed by atoms with Crippen LogP contribution in [0, 0.1) is 0 Å². The maximum absolute atomic E-state index is 5.44. The lowest BCUT2D eigenvalue weighted by Crippen LogP contribution is -2.08. The normalized spacial score (nSPS) is 10.2. The summed E-state index contributed by atoms with van der Waals surface area (Å²) < 4.78 is 1.51. The van der Waals surface area contributed by atoms with Crippen LogP contribution in [-0.2, 0) is 6.54 Å². The molecule has 2 rings (SSSR count). The van der Waals surface area contributed by atoms with Crippen LogP contribution in [-0.4, -0.2) is 25.2 Å². The summed E-state index contributed by atoms with van der Waals surface area (Å²) in [6, 6.07) is 5.51. The molecule has 0 aliphatic heterocycles. The van der Waals surface area contributed by atoms with Gasteiger partial charge in [0.1, 0.15) is 0 Å². The molecular weight excluding hydrogens is 168 g/mol. The lowest BCUT2D eigenvalue weighted by Gasteiger charge is -1.99. The van der Waals surface area contributed by atoms with E-state index in [9.17, 15) is 0 Å². The van der Waals surface area contributed by atoms with E-state index in [1.54, 1.807) is 6.20 Å². The van der Waals surface area contributed by atoms with Gasteiger partial charge in [0.15, 0.2) is 11.6 Å². The lowest BCUT2D eigenvalue weighted by molar-refractivity contribution is 0.742. The molecule has 2 N–H and O–H groups in total. The molecule has 0 saturated carbocycles. The Balaban J connectivity index is 2.47. The van der Waals surface area contributed by atoms with E-state index in [1.807, 2.05) is 18.2 Å². The molecule has 0 radical (unpaired) electrons. The molecule has 6 heteroatoms. The standard InChI is InChI=1S/C7H8N6/c8-5-7-10-11-12-13(7)6-3-1-2-4-9-6/h1-4H,5,8H2. The van der Waals surface area contributed by atoms with Crippen LogP contribution in [0.1, 0.15) is 5.82 Å². The van der Waals surface area contributed by atoms with Gasteiger partial charge in [-0.1, -0.05) is 6.07 Å². The Hall–Kier alpha value is -1.82. The van der Waals surface area contributed by atoms with Crippen molar-refractivity contribution in [1.29, 1.82) is 0 Å². The molecule has 0 fully saturated rings. The lowest BCUT2D eigenvalue weighted by atomic mass is 10.4. The second kappa shape index (κ2) is 3.28. The molecular formula is C7H8N6. The molecule has 66 valence electrons. The van der Waals surface area contributed by atoms with Gasteiger partial charge in [0, 0.05) is 6.20 Å². The summed E-state index contributed by atoms with van der Waals surface area (Å²) in [5.74, 6) is 1.27. The van der Waals surface area contributed by atoms with Crippen LogP contribution in [0.5, 0.6) is 0 Å². The third-order valence-electron chi connectivity index (χ3n) is 1.58. The highest BCUT2D eigenvalue weighted by molar-refractivity contribution is 5.20. The van der Waals surface area contributed by atoms with Crippen molar-refractivity contribution in [3.8, 4) is 5.82 Å². The van der Waals surface area contributed by atoms with Crippen molar-refractivity contribution in [3.63, 3.8) is 0 Å². The summed E-state index contributed by atoms with van der Waals surface area (Å²) in [5, 5.41) is 11.0. The zero-order chi connectivity index (χ0) is 9.10. The highest BCUT2D eigenvalue weighted by Crippen LogP contribution is 2.01. The molecule has 2 heterocycles. The number of pyridine rings is 1. The summed E-state index contributed by atoms with van der Waals surface area (Å²) >= 11 is 0. The molecule has 0 saturated heterocycles. The Morgan fingerprint density at radius 2 is 2.31 bits per heavy atom. The molecule has 2 aromatic heterocycles. The smallest absolute Gasteiger partial charge is 0.171 e. The molecule has 0 atom stereocenters. The first-order valence-electron chi connectivity index (χ1n) is 3.80. The molecule has 0 aliphatic carbocycles. The molecule has 0 bridgehead atoms. The predicted octanol–water partition coefficient (Wildman–Crippen LogP) is -0.484. The zero-order valence-electron chi connectivity index (χ0n) is 6.83. The monoisotopic (exact) mass is 176 g/mol. The topological polar surface area (TPSA) is 82.5 Å². The van der Waals surface area contributed by atoms with Crippen molar-refractivity contribution in [2.75, 3.05) is 0 Å². The van der Waals surface area contributed by atoms with Gasteiger partial charge in [0.05, 0.1) is 6.54 Å². The van der Waals surface area contributed by atoms with Gasteiger partial charge in [-0.25, -0.2) is 4.98 Å². The van der Waals surface area contributed by atoms with Gasteiger partial charge in [-0.05, 0) is 22.6 Å². The number of tetrazole rings is 1. The SMILES string of the molecule is NCc1nnnn1-c1ccccn1. The van der Waals surface area contributed by atoms with E-state index >= 15 is 0 Å². The number of hydrogen-bond donors (Lipinski definition) is 1. The summed E-state index contributed by atoms with van der Waals surface area (Å²) in [5.41, 5.74) is 5.44. The van der Waals surface area contributed by atoms with Crippen molar-refractivity contribution in [2.45, 2.75) is 6.54 Å². The minimum absolute atomic E-state index is 0.295. The van der Waals surface area contributed by atoms with E-state index in [-0.39, 0.29) is 0 Å². The second-order valence-electron chi connectivity index (χ2n) is 2.40. The molecule has 2 aromatic rings. The molecule has 0 aromatic carbocycles. The van der Waals surface area contributed by atoms with Crippen LogP contribution in [0.2, 0.25) is 0 Å². The summed E-state index contributed by atoms with van der Waals surface area (Å²) in [6.07, 6.45) is 1.68. The number of aromatic nitrogens is 5. The zero-order valence-corrected chi connectivity index (χ0v) is 6.83. The van der Waals surface area contributed by atoms with Crippen LogP contribution >= 0.6 is 0 Å². The maximum Gasteiger partial charge on any atom is 0.171 e. The number of nitrogens with zero attached hydrogens (tertiary/aromatic N) is 5. The average Bonchev–Trinajstić information content (AvgIpc) is 2.67. The van der Waals surface area contributed by atoms with Gasteiger partial charge in [0.25, 0.3) is 0 Å². The van der Waals surface area contributed by atoms with E-state index in [2.05, 4.69) is 20.5 Å². The summed E-state index contributed by atoms with van der Waals surface area (Å²) in [7, 11) is 0. The Labute approximate surface area is 74.4 Å². The fraction of sp³-hybridized carbons (Fsp3) is 0.143. The maximum atomic E-state index is 5.44. The van der Waals surface area contributed by atoms with Gasteiger partial charge in [0.2, 0.25) is 0 Å². The van der Waals surface area contributed by atoms with Crippen LogP contribution in [0.3, 0.4) is 0 Å². The quantitative estimate of drug-likeness (QED) is 0.668. The van der Waals surface area contributed by atoms with Gasteiger partial charge < -0.3 is 5.73 Å². The first-order chi connectivity index (χ1) is 6.42. The van der Waals surface area contributed by atoms with E-state index in [1.165, 1.54) is 4.68 Å². The van der Waals surface area contributed by atoms with Crippen molar-refractivity contribution < 1.29 is 0 Å². The highest BCUT2D eigenvalue weighted by atomic mass is 15.6.